The highest BCUT2D eigenvalue weighted by Crippen LogP contribution is 2.59. The number of rotatable bonds is 2. The molecule has 0 aliphatic heterocycles. The molecule has 2 aliphatic rings. The van der Waals surface area contributed by atoms with E-state index in [2.05, 4.69) is 19.9 Å². The molecule has 0 unspecified atom stereocenters. The van der Waals surface area contributed by atoms with E-state index in [-0.39, 0.29) is 17.3 Å². The van der Waals surface area contributed by atoms with E-state index in [1.807, 2.05) is 6.07 Å². The van der Waals surface area contributed by atoms with Gasteiger partial charge in [-0.15, -0.1) is 0 Å². The zero-order valence-electron chi connectivity index (χ0n) is 14.6. The normalized spacial score (nSPS) is 32.6. The van der Waals surface area contributed by atoms with E-state index in [1.165, 1.54) is 18.2 Å². The van der Waals surface area contributed by atoms with Crippen molar-refractivity contribution in [1.29, 1.82) is 0 Å². The molecule has 0 bridgehead atoms. The van der Waals surface area contributed by atoms with E-state index in [1.54, 1.807) is 7.11 Å². The van der Waals surface area contributed by atoms with Crippen molar-refractivity contribution in [2.75, 3.05) is 20.0 Å². The molecular weight excluding hydrogens is 290 g/mol. The highest BCUT2D eigenvalue weighted by molar-refractivity contribution is 5.78. The first-order valence-corrected chi connectivity index (χ1v) is 8.42. The molecule has 0 spiro atoms. The predicted octanol–water partition coefficient (Wildman–Crippen LogP) is 3.46. The van der Waals surface area contributed by atoms with Crippen LogP contribution in [-0.4, -0.2) is 20.2 Å². The number of hydrogen-bond donors (Lipinski definition) is 1. The van der Waals surface area contributed by atoms with Gasteiger partial charge in [0.25, 0.3) is 0 Å². The first-order valence-electron chi connectivity index (χ1n) is 8.42. The average Bonchev–Trinajstić information content (AvgIpc) is 2.53. The monoisotopic (exact) mass is 317 g/mol. The Kier molecular flexibility index (Phi) is 3.81. The Balaban J connectivity index is 2.16. The zero-order valence-corrected chi connectivity index (χ0v) is 14.6. The van der Waals surface area contributed by atoms with E-state index in [9.17, 15) is 4.79 Å². The fraction of sp³-hybridized carbons (Fsp3) is 0.632. The van der Waals surface area contributed by atoms with Crippen LogP contribution in [0.15, 0.2) is 12.1 Å². The zero-order chi connectivity index (χ0) is 16.8. The number of methoxy groups -OCH3 is 2. The van der Waals surface area contributed by atoms with Crippen LogP contribution in [0.3, 0.4) is 0 Å². The van der Waals surface area contributed by atoms with Crippen LogP contribution in [-0.2, 0) is 21.4 Å². The van der Waals surface area contributed by atoms with E-state index in [0.717, 1.165) is 43.5 Å². The van der Waals surface area contributed by atoms with Crippen molar-refractivity contribution in [2.24, 2.45) is 11.3 Å². The van der Waals surface area contributed by atoms with Crippen molar-refractivity contribution in [2.45, 2.75) is 51.4 Å². The molecule has 0 radical (unpaired) electrons. The molecule has 126 valence electrons. The topological polar surface area (TPSA) is 61.5 Å². The number of anilines is 1. The summed E-state index contributed by atoms with van der Waals surface area (Å²) in [6.07, 6.45) is 4.90. The number of ether oxygens (including phenoxy) is 2. The van der Waals surface area contributed by atoms with Crippen LogP contribution in [0.25, 0.3) is 0 Å². The van der Waals surface area contributed by atoms with Crippen LogP contribution in [0, 0.1) is 11.3 Å². The lowest BCUT2D eigenvalue weighted by atomic mass is 9.49. The molecule has 2 N–H and O–H groups in total. The number of nitrogens with two attached hydrogens (primary N) is 1. The number of esters is 1. The molecule has 4 heteroatoms. The van der Waals surface area contributed by atoms with Crippen molar-refractivity contribution in [1.82, 2.24) is 0 Å². The van der Waals surface area contributed by atoms with Crippen LogP contribution >= 0.6 is 0 Å². The number of hydrogen-bond acceptors (Lipinski definition) is 4. The van der Waals surface area contributed by atoms with Crippen molar-refractivity contribution >= 4 is 11.7 Å². The minimum absolute atomic E-state index is 0.0849. The lowest BCUT2D eigenvalue weighted by molar-refractivity contribution is -0.161. The summed E-state index contributed by atoms with van der Waals surface area (Å²) in [5.41, 5.74) is 9.16. The van der Waals surface area contributed by atoms with Gasteiger partial charge in [-0.25, -0.2) is 0 Å². The SMILES string of the molecule is COC(=O)[C@@]1(C)CCC[C@]2(C)c3c(ccc(OC)c3N)CC[C@@H]12. The maximum atomic E-state index is 12.5. The van der Waals surface area contributed by atoms with Crippen LogP contribution in [0.5, 0.6) is 5.75 Å². The predicted molar refractivity (Wildman–Crippen MR) is 90.5 cm³/mol. The number of nitrogen functional groups attached to an aromatic ring is 1. The summed E-state index contributed by atoms with van der Waals surface area (Å²) >= 11 is 0. The second kappa shape index (κ2) is 5.43. The maximum absolute atomic E-state index is 12.5. The third-order valence-electron chi connectivity index (χ3n) is 6.37. The fourth-order valence-electron chi connectivity index (χ4n) is 5.29. The summed E-state index contributed by atoms with van der Waals surface area (Å²) in [5, 5.41) is 0. The smallest absolute Gasteiger partial charge is 0.311 e. The van der Waals surface area contributed by atoms with Gasteiger partial charge in [0.05, 0.1) is 25.3 Å². The minimum atomic E-state index is -0.436. The molecule has 0 amide bonds. The number of aryl methyl sites for hydroxylation is 1. The maximum Gasteiger partial charge on any atom is 0.311 e. The van der Waals surface area contributed by atoms with Gasteiger partial charge in [0.1, 0.15) is 5.75 Å². The Morgan fingerprint density at radius 2 is 2.00 bits per heavy atom. The minimum Gasteiger partial charge on any atom is -0.495 e. The standard InChI is InChI=1S/C19H27NO3/c1-18-10-5-11-19(2,17(21)23-4)14(18)9-7-12-6-8-13(22-3)16(20)15(12)18/h6,8,14H,5,7,9-11,20H2,1-4H3/t14-,18+,19+/m1/s1. The Bertz CT molecular complexity index is 642. The quantitative estimate of drug-likeness (QED) is 0.670. The number of fused-ring (bicyclic) bond motifs is 3. The third kappa shape index (κ3) is 2.14. The van der Waals surface area contributed by atoms with Gasteiger partial charge in [-0.2, -0.15) is 0 Å². The van der Waals surface area contributed by atoms with Gasteiger partial charge in [0.15, 0.2) is 0 Å². The molecule has 1 aromatic carbocycles. The summed E-state index contributed by atoms with van der Waals surface area (Å²) in [4.78, 5) is 12.5. The van der Waals surface area contributed by atoms with E-state index >= 15 is 0 Å². The van der Waals surface area contributed by atoms with Gasteiger partial charge >= 0.3 is 5.97 Å². The molecule has 4 nitrogen and oxygen atoms in total. The summed E-state index contributed by atoms with van der Waals surface area (Å²) in [6, 6.07) is 4.09. The number of benzene rings is 1. The molecule has 1 fully saturated rings. The summed E-state index contributed by atoms with van der Waals surface area (Å²) < 4.78 is 10.6. The first-order chi connectivity index (χ1) is 10.9. The molecule has 1 saturated carbocycles. The van der Waals surface area contributed by atoms with Crippen molar-refractivity contribution < 1.29 is 14.3 Å². The molecule has 3 rings (SSSR count). The Morgan fingerprint density at radius 1 is 1.26 bits per heavy atom. The summed E-state index contributed by atoms with van der Waals surface area (Å²) in [6.45, 7) is 4.34. The van der Waals surface area contributed by atoms with Crippen LogP contribution in [0.4, 0.5) is 5.69 Å². The molecule has 1 aromatic rings. The van der Waals surface area contributed by atoms with E-state index < -0.39 is 5.41 Å². The molecule has 0 heterocycles. The fourth-order valence-corrected chi connectivity index (χ4v) is 5.29. The molecule has 2 aliphatic carbocycles. The van der Waals surface area contributed by atoms with Crippen LogP contribution in [0.2, 0.25) is 0 Å². The number of carbonyl (C=O) groups excluding carboxylic acids is 1. The van der Waals surface area contributed by atoms with Crippen LogP contribution in [0.1, 0.15) is 50.7 Å². The molecule has 0 saturated heterocycles. The van der Waals surface area contributed by atoms with Gasteiger partial charge in [-0.3, -0.25) is 4.79 Å². The van der Waals surface area contributed by atoms with Gasteiger partial charge in [0, 0.05) is 0 Å². The molecule has 0 aromatic heterocycles. The van der Waals surface area contributed by atoms with Crippen molar-refractivity contribution in [3.63, 3.8) is 0 Å². The van der Waals surface area contributed by atoms with Gasteiger partial charge in [-0.1, -0.05) is 19.4 Å². The Hall–Kier alpha value is -1.71. The first kappa shape index (κ1) is 16.2. The number of carbonyl (C=O) groups is 1. The Morgan fingerprint density at radius 3 is 2.65 bits per heavy atom. The van der Waals surface area contributed by atoms with Crippen molar-refractivity contribution in [3.8, 4) is 5.75 Å². The highest BCUT2D eigenvalue weighted by Gasteiger charge is 2.56. The summed E-state index contributed by atoms with van der Waals surface area (Å²) in [7, 11) is 3.15. The largest absolute Gasteiger partial charge is 0.495 e. The molecule has 3 atom stereocenters. The molecule has 23 heavy (non-hydrogen) atoms. The highest BCUT2D eigenvalue weighted by atomic mass is 16.5. The lowest BCUT2D eigenvalue weighted by Crippen LogP contribution is -2.53. The van der Waals surface area contributed by atoms with E-state index in [0.29, 0.717) is 0 Å². The van der Waals surface area contributed by atoms with Gasteiger partial charge < -0.3 is 15.2 Å². The van der Waals surface area contributed by atoms with Crippen LogP contribution < -0.4 is 10.5 Å². The average molecular weight is 317 g/mol. The second-order valence-corrected chi connectivity index (χ2v) is 7.49. The van der Waals surface area contributed by atoms with Gasteiger partial charge in [-0.05, 0) is 61.1 Å². The van der Waals surface area contributed by atoms with Gasteiger partial charge in [0.2, 0.25) is 0 Å². The van der Waals surface area contributed by atoms with E-state index in [4.69, 9.17) is 15.2 Å². The summed E-state index contributed by atoms with van der Waals surface area (Å²) in [5.74, 6) is 0.896. The van der Waals surface area contributed by atoms with Crippen molar-refractivity contribution in [3.05, 3.63) is 23.3 Å². The molecular formula is C19H27NO3. The third-order valence-corrected chi connectivity index (χ3v) is 6.37. The lowest BCUT2D eigenvalue weighted by Gasteiger charge is -2.54. The Labute approximate surface area is 138 Å². The second-order valence-electron chi connectivity index (χ2n) is 7.49.